The quantitative estimate of drug-likeness (QED) is 0.931. The van der Waals surface area contributed by atoms with Crippen molar-refractivity contribution < 1.29 is 9.90 Å². The van der Waals surface area contributed by atoms with Gasteiger partial charge in [0.05, 0.1) is 10.6 Å². The van der Waals surface area contributed by atoms with Gasteiger partial charge in [-0.1, -0.05) is 30.7 Å². The Balaban J connectivity index is 2.29. The van der Waals surface area contributed by atoms with Crippen LogP contribution in [0, 0.1) is 0 Å². The SMILES string of the molecule is CCc1ccc(N(C)C(=O)c2cc(O)ccc2Cl)cc1. The van der Waals surface area contributed by atoms with Crippen molar-refractivity contribution in [2.24, 2.45) is 0 Å². The zero-order valence-electron chi connectivity index (χ0n) is 11.4. The van der Waals surface area contributed by atoms with Crippen molar-refractivity contribution in [2.45, 2.75) is 13.3 Å². The first-order valence-electron chi connectivity index (χ1n) is 6.38. The molecule has 4 heteroatoms. The number of carbonyl (C=O) groups excluding carboxylic acids is 1. The molecule has 0 saturated heterocycles. The molecule has 104 valence electrons. The summed E-state index contributed by atoms with van der Waals surface area (Å²) in [6.45, 7) is 2.08. The number of carbonyl (C=O) groups is 1. The summed E-state index contributed by atoms with van der Waals surface area (Å²) in [5.41, 5.74) is 2.28. The molecule has 20 heavy (non-hydrogen) atoms. The largest absolute Gasteiger partial charge is 0.508 e. The van der Waals surface area contributed by atoms with E-state index in [4.69, 9.17) is 11.6 Å². The Morgan fingerprint density at radius 2 is 1.85 bits per heavy atom. The van der Waals surface area contributed by atoms with Crippen LogP contribution in [0.4, 0.5) is 5.69 Å². The number of amides is 1. The van der Waals surface area contributed by atoms with Crippen molar-refractivity contribution in [2.75, 3.05) is 11.9 Å². The van der Waals surface area contributed by atoms with Crippen molar-refractivity contribution >= 4 is 23.2 Å². The van der Waals surface area contributed by atoms with Crippen LogP contribution in [-0.2, 0) is 6.42 Å². The van der Waals surface area contributed by atoms with Crippen LogP contribution >= 0.6 is 11.6 Å². The van der Waals surface area contributed by atoms with Crippen LogP contribution in [0.3, 0.4) is 0 Å². The second-order valence-corrected chi connectivity index (χ2v) is 4.96. The van der Waals surface area contributed by atoms with Gasteiger partial charge in [0.2, 0.25) is 0 Å². The molecule has 2 aromatic rings. The van der Waals surface area contributed by atoms with E-state index in [1.165, 1.54) is 28.7 Å². The molecular formula is C16H16ClNO2. The average Bonchev–Trinajstić information content (AvgIpc) is 2.48. The smallest absolute Gasteiger partial charge is 0.259 e. The second-order valence-electron chi connectivity index (χ2n) is 4.55. The topological polar surface area (TPSA) is 40.5 Å². The lowest BCUT2D eigenvalue weighted by Crippen LogP contribution is -2.26. The number of phenols is 1. The van der Waals surface area contributed by atoms with E-state index in [-0.39, 0.29) is 17.2 Å². The molecule has 0 spiro atoms. The highest BCUT2D eigenvalue weighted by Crippen LogP contribution is 2.24. The minimum atomic E-state index is -0.254. The standard InChI is InChI=1S/C16H16ClNO2/c1-3-11-4-6-12(7-5-11)18(2)16(20)14-10-13(19)8-9-15(14)17/h4-10,19H,3H2,1-2H3. The van der Waals surface area contributed by atoms with E-state index >= 15 is 0 Å². The zero-order valence-corrected chi connectivity index (χ0v) is 12.2. The molecule has 0 saturated carbocycles. The van der Waals surface area contributed by atoms with Crippen molar-refractivity contribution in [3.8, 4) is 5.75 Å². The third-order valence-electron chi connectivity index (χ3n) is 3.22. The molecule has 3 nitrogen and oxygen atoms in total. The van der Waals surface area contributed by atoms with Gasteiger partial charge in [-0.2, -0.15) is 0 Å². The van der Waals surface area contributed by atoms with E-state index in [9.17, 15) is 9.90 Å². The lowest BCUT2D eigenvalue weighted by Gasteiger charge is -2.18. The lowest BCUT2D eigenvalue weighted by molar-refractivity contribution is 0.0993. The Kier molecular flexibility index (Phi) is 4.30. The van der Waals surface area contributed by atoms with Gasteiger partial charge in [0.15, 0.2) is 0 Å². The van der Waals surface area contributed by atoms with E-state index in [0.717, 1.165) is 12.1 Å². The van der Waals surface area contributed by atoms with Crippen LogP contribution < -0.4 is 4.90 Å². The maximum Gasteiger partial charge on any atom is 0.259 e. The third kappa shape index (κ3) is 2.94. The van der Waals surface area contributed by atoms with Gasteiger partial charge in [0.25, 0.3) is 5.91 Å². The Morgan fingerprint density at radius 3 is 2.45 bits per heavy atom. The second kappa shape index (κ2) is 5.97. The molecule has 0 aromatic heterocycles. The number of hydrogen-bond donors (Lipinski definition) is 1. The summed E-state index contributed by atoms with van der Waals surface area (Å²) in [5.74, 6) is -0.234. The monoisotopic (exact) mass is 289 g/mol. The normalized spacial score (nSPS) is 10.3. The van der Waals surface area contributed by atoms with Gasteiger partial charge in [-0.3, -0.25) is 4.79 Å². The number of aromatic hydroxyl groups is 1. The molecule has 0 fully saturated rings. The van der Waals surface area contributed by atoms with Crippen molar-refractivity contribution in [3.63, 3.8) is 0 Å². The Morgan fingerprint density at radius 1 is 1.20 bits per heavy atom. The minimum Gasteiger partial charge on any atom is -0.508 e. The molecule has 0 unspecified atom stereocenters. The molecule has 0 radical (unpaired) electrons. The number of halogens is 1. The Hall–Kier alpha value is -2.00. The number of anilines is 1. The molecule has 1 amide bonds. The van der Waals surface area contributed by atoms with Crippen LogP contribution in [0.5, 0.6) is 5.75 Å². The zero-order chi connectivity index (χ0) is 14.7. The number of phenolic OH excluding ortho intramolecular Hbond substituents is 1. The summed E-state index contributed by atoms with van der Waals surface area (Å²) < 4.78 is 0. The first-order valence-corrected chi connectivity index (χ1v) is 6.76. The van der Waals surface area contributed by atoms with Crippen molar-refractivity contribution in [1.29, 1.82) is 0 Å². The molecule has 0 aliphatic heterocycles. The van der Waals surface area contributed by atoms with Gasteiger partial charge in [-0.05, 0) is 42.3 Å². The highest BCUT2D eigenvalue weighted by atomic mass is 35.5. The van der Waals surface area contributed by atoms with Crippen LogP contribution in [0.25, 0.3) is 0 Å². The maximum atomic E-state index is 12.4. The molecule has 2 aromatic carbocycles. The number of nitrogens with zero attached hydrogens (tertiary/aromatic N) is 1. The van der Waals surface area contributed by atoms with Gasteiger partial charge in [-0.15, -0.1) is 0 Å². The number of hydrogen-bond acceptors (Lipinski definition) is 2. The highest BCUT2D eigenvalue weighted by Gasteiger charge is 2.17. The molecule has 1 N–H and O–H groups in total. The summed E-state index contributed by atoms with van der Waals surface area (Å²) in [4.78, 5) is 13.9. The van der Waals surface area contributed by atoms with Gasteiger partial charge >= 0.3 is 0 Å². The number of aryl methyl sites for hydroxylation is 1. The first kappa shape index (κ1) is 14.4. The van der Waals surface area contributed by atoms with Gasteiger partial charge in [0, 0.05) is 12.7 Å². The molecule has 0 aliphatic rings. The Bertz CT molecular complexity index is 623. The highest BCUT2D eigenvalue weighted by molar-refractivity contribution is 6.34. The Labute approximate surface area is 123 Å². The fourth-order valence-electron chi connectivity index (χ4n) is 1.93. The number of benzene rings is 2. The fraction of sp³-hybridized carbons (Fsp3) is 0.188. The summed E-state index contributed by atoms with van der Waals surface area (Å²) >= 11 is 6.01. The summed E-state index contributed by atoms with van der Waals surface area (Å²) in [6, 6.07) is 12.1. The lowest BCUT2D eigenvalue weighted by atomic mass is 10.1. The molecular weight excluding hydrogens is 274 g/mol. The molecule has 0 aliphatic carbocycles. The fourth-order valence-corrected chi connectivity index (χ4v) is 2.13. The van der Waals surface area contributed by atoms with E-state index in [2.05, 4.69) is 6.92 Å². The predicted molar refractivity (Wildman–Crippen MR) is 81.7 cm³/mol. The minimum absolute atomic E-state index is 0.0208. The van der Waals surface area contributed by atoms with Gasteiger partial charge in [0.1, 0.15) is 5.75 Å². The predicted octanol–water partition coefficient (Wildman–Crippen LogP) is 3.88. The van der Waals surface area contributed by atoms with Gasteiger partial charge < -0.3 is 10.0 Å². The van der Waals surface area contributed by atoms with Crippen LogP contribution in [-0.4, -0.2) is 18.1 Å². The van der Waals surface area contributed by atoms with Crippen LogP contribution in [0.2, 0.25) is 5.02 Å². The summed E-state index contributed by atoms with van der Waals surface area (Å²) in [5, 5.41) is 9.80. The van der Waals surface area contributed by atoms with E-state index in [1.807, 2.05) is 24.3 Å². The maximum absolute atomic E-state index is 12.4. The molecule has 0 atom stereocenters. The number of rotatable bonds is 3. The van der Waals surface area contributed by atoms with Gasteiger partial charge in [-0.25, -0.2) is 0 Å². The van der Waals surface area contributed by atoms with Crippen molar-refractivity contribution in [3.05, 3.63) is 58.6 Å². The van der Waals surface area contributed by atoms with Crippen LogP contribution in [0.1, 0.15) is 22.8 Å². The van der Waals surface area contributed by atoms with Crippen molar-refractivity contribution in [1.82, 2.24) is 0 Å². The van der Waals surface area contributed by atoms with E-state index in [0.29, 0.717) is 5.02 Å². The molecule has 0 heterocycles. The average molecular weight is 290 g/mol. The summed E-state index contributed by atoms with van der Waals surface area (Å²) in [6.07, 6.45) is 0.955. The van der Waals surface area contributed by atoms with Crippen LogP contribution in [0.15, 0.2) is 42.5 Å². The first-order chi connectivity index (χ1) is 9.52. The molecule has 0 bridgehead atoms. The summed E-state index contributed by atoms with van der Waals surface area (Å²) in [7, 11) is 1.68. The third-order valence-corrected chi connectivity index (χ3v) is 3.55. The van der Waals surface area contributed by atoms with E-state index in [1.54, 1.807) is 7.05 Å². The molecule has 2 rings (SSSR count). The van der Waals surface area contributed by atoms with E-state index < -0.39 is 0 Å².